The first-order valence-corrected chi connectivity index (χ1v) is 10.8. The Balaban J connectivity index is 1.62. The van der Waals surface area contributed by atoms with E-state index in [1.54, 1.807) is 0 Å². The van der Waals surface area contributed by atoms with Gasteiger partial charge in [-0.3, -0.25) is 9.59 Å². The number of benzene rings is 2. The highest BCUT2D eigenvalue weighted by molar-refractivity contribution is 8.01. The Morgan fingerprint density at radius 1 is 1.04 bits per heavy atom. The number of thioether (sulfide) groups is 1. The molecule has 3 aromatic rings. The van der Waals surface area contributed by atoms with Crippen LogP contribution >= 0.6 is 23.1 Å². The summed E-state index contributed by atoms with van der Waals surface area (Å²) >= 11 is 2.94. The zero-order valence-electron chi connectivity index (χ0n) is 16.3. The molecule has 0 saturated heterocycles. The Bertz CT molecular complexity index is 1010. The van der Waals surface area contributed by atoms with E-state index in [0.717, 1.165) is 37.1 Å². The summed E-state index contributed by atoms with van der Waals surface area (Å²) in [6.45, 7) is 7.74. The van der Waals surface area contributed by atoms with Crippen molar-refractivity contribution in [2.24, 2.45) is 5.92 Å². The molecule has 0 spiro atoms. The van der Waals surface area contributed by atoms with E-state index in [2.05, 4.69) is 21.7 Å². The molecule has 2 N–H and O–H groups in total. The van der Waals surface area contributed by atoms with Crippen molar-refractivity contribution in [3.05, 3.63) is 47.5 Å². The molecule has 1 heterocycles. The van der Waals surface area contributed by atoms with E-state index < -0.39 is 0 Å². The molecule has 0 saturated carbocycles. The maximum atomic E-state index is 12.3. The molecule has 1 aromatic heterocycles. The summed E-state index contributed by atoms with van der Waals surface area (Å²) in [6, 6.07) is 11.7. The van der Waals surface area contributed by atoms with E-state index in [-0.39, 0.29) is 17.7 Å². The molecule has 0 aliphatic heterocycles. The molecule has 0 atom stereocenters. The summed E-state index contributed by atoms with van der Waals surface area (Å²) in [7, 11) is 0. The van der Waals surface area contributed by atoms with Gasteiger partial charge in [-0.25, -0.2) is 4.98 Å². The summed E-state index contributed by atoms with van der Waals surface area (Å²) in [4.78, 5) is 28.7. The minimum atomic E-state index is -0.0704. The normalized spacial score (nSPS) is 11.0. The number of hydrogen-bond acceptors (Lipinski definition) is 5. The van der Waals surface area contributed by atoms with Crippen molar-refractivity contribution in [2.75, 3.05) is 16.4 Å². The monoisotopic (exact) mass is 413 g/mol. The number of amides is 2. The van der Waals surface area contributed by atoms with E-state index >= 15 is 0 Å². The first-order chi connectivity index (χ1) is 13.3. The van der Waals surface area contributed by atoms with Gasteiger partial charge in [0.2, 0.25) is 11.8 Å². The van der Waals surface area contributed by atoms with E-state index in [4.69, 9.17) is 0 Å². The predicted octanol–water partition coefficient (Wildman–Crippen LogP) is 5.24. The average Bonchev–Trinajstić information content (AvgIpc) is 3.01. The van der Waals surface area contributed by atoms with Crippen molar-refractivity contribution in [2.45, 2.75) is 32.0 Å². The molecule has 0 unspecified atom stereocenters. The van der Waals surface area contributed by atoms with Crippen LogP contribution in [0.1, 0.15) is 25.0 Å². The average molecular weight is 414 g/mol. The number of anilines is 2. The third-order valence-electron chi connectivity index (χ3n) is 3.99. The molecule has 5 nitrogen and oxygen atoms in total. The molecule has 0 fully saturated rings. The van der Waals surface area contributed by atoms with Crippen LogP contribution in [0.2, 0.25) is 0 Å². The summed E-state index contributed by atoms with van der Waals surface area (Å²) in [5.74, 6) is 0.156. The molecule has 28 heavy (non-hydrogen) atoms. The highest BCUT2D eigenvalue weighted by Gasteiger charge is 2.11. The second-order valence-corrected chi connectivity index (χ2v) is 9.27. The highest BCUT2D eigenvalue weighted by atomic mass is 32.2. The topological polar surface area (TPSA) is 71.1 Å². The van der Waals surface area contributed by atoms with Gasteiger partial charge in [-0.2, -0.15) is 0 Å². The Hall–Kier alpha value is -2.38. The van der Waals surface area contributed by atoms with Gasteiger partial charge in [0.25, 0.3) is 0 Å². The maximum Gasteiger partial charge on any atom is 0.234 e. The molecule has 0 aliphatic carbocycles. The van der Waals surface area contributed by atoms with Gasteiger partial charge in [0, 0.05) is 17.3 Å². The van der Waals surface area contributed by atoms with Crippen molar-refractivity contribution in [3.63, 3.8) is 0 Å². The van der Waals surface area contributed by atoms with Crippen molar-refractivity contribution < 1.29 is 9.59 Å². The van der Waals surface area contributed by atoms with Crippen LogP contribution in [0.5, 0.6) is 0 Å². The lowest BCUT2D eigenvalue weighted by Gasteiger charge is -2.07. The quantitative estimate of drug-likeness (QED) is 0.542. The second-order valence-electron chi connectivity index (χ2n) is 7.02. The number of carbonyl (C=O) groups is 2. The minimum absolute atomic E-state index is 0.0125. The SMILES string of the molecule is Cc1cc(C)cc(NC(=O)CSc2nc3ccc(NC(=O)C(C)C)cc3s2)c1. The lowest BCUT2D eigenvalue weighted by Crippen LogP contribution is -2.17. The van der Waals surface area contributed by atoms with Gasteiger partial charge in [-0.1, -0.05) is 31.7 Å². The second kappa shape index (κ2) is 8.75. The number of fused-ring (bicyclic) bond motifs is 1. The fourth-order valence-corrected chi connectivity index (χ4v) is 4.61. The van der Waals surface area contributed by atoms with Crippen LogP contribution in [0, 0.1) is 19.8 Å². The number of hydrogen-bond donors (Lipinski definition) is 2. The first-order valence-electron chi connectivity index (χ1n) is 9.02. The van der Waals surface area contributed by atoms with Crippen LogP contribution in [-0.4, -0.2) is 22.6 Å². The number of nitrogens with zero attached hydrogens (tertiary/aromatic N) is 1. The molecule has 2 aromatic carbocycles. The van der Waals surface area contributed by atoms with Crippen molar-refractivity contribution >= 4 is 56.5 Å². The Morgan fingerprint density at radius 3 is 2.43 bits per heavy atom. The van der Waals surface area contributed by atoms with Crippen LogP contribution in [0.25, 0.3) is 10.2 Å². The van der Waals surface area contributed by atoms with Gasteiger partial charge < -0.3 is 10.6 Å². The number of aromatic nitrogens is 1. The van der Waals surface area contributed by atoms with Gasteiger partial charge in [0.1, 0.15) is 0 Å². The number of nitrogens with one attached hydrogen (secondary N) is 2. The highest BCUT2D eigenvalue weighted by Crippen LogP contribution is 2.31. The number of aryl methyl sites for hydroxylation is 2. The summed E-state index contributed by atoms with van der Waals surface area (Å²) in [6.07, 6.45) is 0. The Morgan fingerprint density at radius 2 is 1.75 bits per heavy atom. The van der Waals surface area contributed by atoms with E-state index in [9.17, 15) is 9.59 Å². The largest absolute Gasteiger partial charge is 0.326 e. The summed E-state index contributed by atoms with van der Waals surface area (Å²) < 4.78 is 1.82. The molecule has 0 bridgehead atoms. The van der Waals surface area contributed by atoms with Crippen molar-refractivity contribution in [1.82, 2.24) is 4.98 Å². The molecular formula is C21H23N3O2S2. The third-order valence-corrected chi connectivity index (χ3v) is 6.15. The lowest BCUT2D eigenvalue weighted by atomic mass is 10.1. The van der Waals surface area contributed by atoms with Gasteiger partial charge in [0.15, 0.2) is 4.34 Å². The smallest absolute Gasteiger partial charge is 0.234 e. The standard InChI is InChI=1S/C21H23N3O2S2/c1-12(2)20(26)23-15-5-6-17-18(10-15)28-21(24-17)27-11-19(25)22-16-8-13(3)7-14(4)9-16/h5-10,12H,11H2,1-4H3,(H,22,25)(H,23,26). The van der Waals surface area contributed by atoms with Crippen molar-refractivity contribution in [1.29, 1.82) is 0 Å². The molecular weight excluding hydrogens is 390 g/mol. The molecule has 3 rings (SSSR count). The summed E-state index contributed by atoms with van der Waals surface area (Å²) in [5, 5.41) is 5.84. The molecule has 2 amide bonds. The number of rotatable bonds is 6. The van der Waals surface area contributed by atoms with Crippen LogP contribution in [0.4, 0.5) is 11.4 Å². The van der Waals surface area contributed by atoms with Crippen LogP contribution in [-0.2, 0) is 9.59 Å². The fourth-order valence-electron chi connectivity index (χ4n) is 2.70. The van der Waals surface area contributed by atoms with Crippen molar-refractivity contribution in [3.8, 4) is 0 Å². The van der Waals surface area contributed by atoms with Crippen LogP contribution < -0.4 is 10.6 Å². The molecule has 146 valence electrons. The lowest BCUT2D eigenvalue weighted by molar-refractivity contribution is -0.119. The van der Waals surface area contributed by atoms with Crippen LogP contribution in [0.3, 0.4) is 0 Å². The van der Waals surface area contributed by atoms with Gasteiger partial charge in [-0.05, 0) is 55.3 Å². The zero-order chi connectivity index (χ0) is 20.3. The van der Waals surface area contributed by atoms with E-state index in [1.807, 2.05) is 58.0 Å². The van der Waals surface area contributed by atoms with Crippen LogP contribution in [0.15, 0.2) is 40.7 Å². The van der Waals surface area contributed by atoms with E-state index in [1.165, 1.54) is 23.1 Å². The predicted molar refractivity (Wildman–Crippen MR) is 118 cm³/mol. The van der Waals surface area contributed by atoms with Gasteiger partial charge >= 0.3 is 0 Å². The number of carbonyl (C=O) groups excluding carboxylic acids is 2. The van der Waals surface area contributed by atoms with Gasteiger partial charge in [-0.15, -0.1) is 11.3 Å². The molecule has 0 aliphatic rings. The van der Waals surface area contributed by atoms with E-state index in [0.29, 0.717) is 5.75 Å². The number of thiazole rings is 1. The first kappa shape index (κ1) is 20.4. The maximum absolute atomic E-state index is 12.3. The zero-order valence-corrected chi connectivity index (χ0v) is 18.0. The summed E-state index contributed by atoms with van der Waals surface area (Å²) in [5.41, 5.74) is 4.69. The molecule has 0 radical (unpaired) electrons. The molecule has 7 heteroatoms. The Kier molecular flexibility index (Phi) is 6.36. The minimum Gasteiger partial charge on any atom is -0.326 e. The Labute approximate surface area is 172 Å². The third kappa shape index (κ3) is 5.33. The van der Waals surface area contributed by atoms with Gasteiger partial charge in [0.05, 0.1) is 16.0 Å². The fraction of sp³-hybridized carbons (Fsp3) is 0.286.